The summed E-state index contributed by atoms with van der Waals surface area (Å²) in [6.45, 7) is 3.39. The van der Waals surface area contributed by atoms with Gasteiger partial charge >= 0.3 is 5.97 Å². The third-order valence-corrected chi connectivity index (χ3v) is 3.85. The zero-order chi connectivity index (χ0) is 17.9. The van der Waals surface area contributed by atoms with E-state index in [0.717, 1.165) is 0 Å². The minimum atomic E-state index is -0.949. The zero-order valence-electron chi connectivity index (χ0n) is 13.1. The Morgan fingerprint density at radius 2 is 1.92 bits per heavy atom. The van der Waals surface area contributed by atoms with Gasteiger partial charge in [0.2, 0.25) is 11.8 Å². The number of anilines is 1. The lowest BCUT2D eigenvalue weighted by Crippen LogP contribution is -2.40. The number of hydrogen-bond acceptors (Lipinski definition) is 4. The monoisotopic (exact) mass is 370 g/mol. The molecule has 0 bridgehead atoms. The molecule has 0 fully saturated rings. The smallest absolute Gasteiger partial charge is 0.336 e. The first-order valence-corrected chi connectivity index (χ1v) is 8.02. The third kappa shape index (κ3) is 4.27. The molecule has 0 aliphatic carbocycles. The number of benzene rings is 1. The van der Waals surface area contributed by atoms with Gasteiger partial charge in [-0.1, -0.05) is 23.2 Å². The summed E-state index contributed by atoms with van der Waals surface area (Å²) in [6.07, 6.45) is -0.147. The lowest BCUT2D eigenvalue weighted by Gasteiger charge is -2.25. The van der Waals surface area contributed by atoms with Gasteiger partial charge in [0, 0.05) is 27.9 Å². The number of nitrogens with one attached hydrogen (secondary N) is 2. The first-order chi connectivity index (χ1) is 11.3. The van der Waals surface area contributed by atoms with E-state index in [2.05, 4.69) is 10.6 Å². The second-order valence-corrected chi connectivity index (χ2v) is 6.08. The maximum Gasteiger partial charge on any atom is 0.336 e. The van der Waals surface area contributed by atoms with Crippen LogP contribution < -0.4 is 10.6 Å². The lowest BCUT2D eigenvalue weighted by atomic mass is 9.89. The van der Waals surface area contributed by atoms with E-state index in [9.17, 15) is 14.4 Å². The number of carbonyl (C=O) groups is 3. The van der Waals surface area contributed by atoms with Crippen LogP contribution in [0.15, 0.2) is 29.5 Å². The Kier molecular flexibility index (Phi) is 5.85. The van der Waals surface area contributed by atoms with Crippen LogP contribution >= 0.6 is 23.2 Å². The van der Waals surface area contributed by atoms with E-state index >= 15 is 0 Å². The number of carbonyl (C=O) groups excluding carboxylic acids is 3. The maximum atomic E-state index is 12.6. The molecule has 0 saturated carbocycles. The molecular weight excluding hydrogens is 355 g/mol. The van der Waals surface area contributed by atoms with Gasteiger partial charge in [0.05, 0.1) is 18.1 Å². The fraction of sp³-hybridized carbons (Fsp3) is 0.312. The van der Waals surface area contributed by atoms with Crippen molar-refractivity contribution in [1.82, 2.24) is 5.32 Å². The van der Waals surface area contributed by atoms with Gasteiger partial charge in [0.15, 0.2) is 0 Å². The molecule has 0 saturated heterocycles. The average molecular weight is 371 g/mol. The first-order valence-electron chi connectivity index (χ1n) is 7.26. The topological polar surface area (TPSA) is 84.5 Å². The van der Waals surface area contributed by atoms with Crippen molar-refractivity contribution in [3.63, 3.8) is 0 Å². The van der Waals surface area contributed by atoms with Crippen molar-refractivity contribution in [2.75, 3.05) is 11.9 Å². The number of hydrogen-bond donors (Lipinski definition) is 2. The Morgan fingerprint density at radius 3 is 2.50 bits per heavy atom. The normalized spacial score (nSPS) is 17.3. The molecule has 1 aromatic carbocycles. The fourth-order valence-electron chi connectivity index (χ4n) is 2.46. The average Bonchev–Trinajstić information content (AvgIpc) is 2.45. The Bertz CT molecular complexity index is 711. The van der Waals surface area contributed by atoms with Crippen LogP contribution in [0.1, 0.15) is 20.3 Å². The molecule has 0 spiro atoms. The minimum Gasteiger partial charge on any atom is -0.463 e. The third-order valence-electron chi connectivity index (χ3n) is 3.41. The van der Waals surface area contributed by atoms with Crippen molar-refractivity contribution >= 4 is 46.7 Å². The van der Waals surface area contributed by atoms with Gasteiger partial charge in [-0.3, -0.25) is 9.59 Å². The summed E-state index contributed by atoms with van der Waals surface area (Å²) in [5, 5.41) is 5.90. The summed E-state index contributed by atoms with van der Waals surface area (Å²) >= 11 is 11.8. The van der Waals surface area contributed by atoms with Crippen molar-refractivity contribution in [1.29, 1.82) is 0 Å². The van der Waals surface area contributed by atoms with E-state index in [1.54, 1.807) is 13.8 Å². The van der Waals surface area contributed by atoms with Crippen molar-refractivity contribution in [3.8, 4) is 0 Å². The molecule has 1 unspecified atom stereocenters. The summed E-state index contributed by atoms with van der Waals surface area (Å²) in [5.41, 5.74) is 0.834. The Hall–Kier alpha value is -2.05. The maximum absolute atomic E-state index is 12.6. The summed E-state index contributed by atoms with van der Waals surface area (Å²) in [4.78, 5) is 36.5. The van der Waals surface area contributed by atoms with Crippen LogP contribution in [0.5, 0.6) is 0 Å². The van der Waals surface area contributed by atoms with Gasteiger partial charge in [-0.15, -0.1) is 0 Å². The van der Waals surface area contributed by atoms with E-state index in [1.807, 2.05) is 0 Å². The largest absolute Gasteiger partial charge is 0.463 e. The number of halogens is 2. The van der Waals surface area contributed by atoms with Crippen LogP contribution in [0, 0.1) is 5.92 Å². The molecule has 2 amide bonds. The number of esters is 1. The van der Waals surface area contributed by atoms with Crippen molar-refractivity contribution in [3.05, 3.63) is 39.5 Å². The van der Waals surface area contributed by atoms with E-state index < -0.39 is 17.8 Å². The van der Waals surface area contributed by atoms with E-state index in [4.69, 9.17) is 27.9 Å². The van der Waals surface area contributed by atoms with Crippen molar-refractivity contribution in [2.45, 2.75) is 20.3 Å². The van der Waals surface area contributed by atoms with Crippen molar-refractivity contribution < 1.29 is 19.1 Å². The molecule has 1 atom stereocenters. The summed E-state index contributed by atoms with van der Waals surface area (Å²) in [5.74, 6) is -2.43. The lowest BCUT2D eigenvalue weighted by molar-refractivity contribution is -0.141. The van der Waals surface area contributed by atoms with Gasteiger partial charge in [0.25, 0.3) is 0 Å². The molecule has 1 aromatic rings. The fourth-order valence-corrected chi connectivity index (χ4v) is 2.99. The molecular formula is C16H16Cl2N2O4. The summed E-state index contributed by atoms with van der Waals surface area (Å²) in [7, 11) is 0. The second-order valence-electron chi connectivity index (χ2n) is 5.21. The predicted octanol–water partition coefficient (Wildman–Crippen LogP) is 2.91. The number of rotatable bonds is 4. The number of amides is 2. The molecule has 8 heteroatoms. The van der Waals surface area contributed by atoms with Crippen LogP contribution in [0.25, 0.3) is 0 Å². The van der Waals surface area contributed by atoms with Crippen LogP contribution in [-0.4, -0.2) is 24.4 Å². The molecule has 1 aliphatic heterocycles. The Labute approximate surface area is 149 Å². The molecule has 2 N–H and O–H groups in total. The minimum absolute atomic E-state index is 0.141. The number of allylic oxidation sites excluding steroid dienone is 1. The van der Waals surface area contributed by atoms with Crippen LogP contribution in [-0.2, 0) is 19.1 Å². The highest BCUT2D eigenvalue weighted by Gasteiger charge is 2.36. The van der Waals surface area contributed by atoms with E-state index in [-0.39, 0.29) is 24.5 Å². The Balaban J connectivity index is 2.29. The van der Waals surface area contributed by atoms with Crippen LogP contribution in [0.2, 0.25) is 10.0 Å². The van der Waals surface area contributed by atoms with Gasteiger partial charge in [-0.2, -0.15) is 0 Å². The zero-order valence-corrected chi connectivity index (χ0v) is 14.6. The molecule has 1 aliphatic rings. The molecule has 0 radical (unpaired) electrons. The molecule has 1 heterocycles. The summed E-state index contributed by atoms with van der Waals surface area (Å²) in [6, 6.07) is 4.57. The van der Waals surface area contributed by atoms with E-state index in [0.29, 0.717) is 21.4 Å². The van der Waals surface area contributed by atoms with Gasteiger partial charge in [0.1, 0.15) is 0 Å². The first kappa shape index (κ1) is 18.3. The predicted molar refractivity (Wildman–Crippen MR) is 90.7 cm³/mol. The quantitative estimate of drug-likeness (QED) is 0.798. The van der Waals surface area contributed by atoms with Crippen molar-refractivity contribution in [2.24, 2.45) is 5.92 Å². The molecule has 2 rings (SSSR count). The highest BCUT2D eigenvalue weighted by Crippen LogP contribution is 2.27. The molecule has 24 heavy (non-hydrogen) atoms. The van der Waals surface area contributed by atoms with Gasteiger partial charge in [-0.05, 0) is 32.0 Å². The van der Waals surface area contributed by atoms with Gasteiger partial charge < -0.3 is 15.4 Å². The second kappa shape index (κ2) is 7.68. The molecule has 128 valence electrons. The molecule has 0 aromatic heterocycles. The van der Waals surface area contributed by atoms with E-state index in [1.165, 1.54) is 18.2 Å². The summed E-state index contributed by atoms with van der Waals surface area (Å²) < 4.78 is 4.99. The van der Waals surface area contributed by atoms with Crippen LogP contribution in [0.4, 0.5) is 5.69 Å². The highest BCUT2D eigenvalue weighted by atomic mass is 35.5. The molecule has 6 nitrogen and oxygen atoms in total. The highest BCUT2D eigenvalue weighted by molar-refractivity contribution is 6.35. The SMILES string of the molecule is CCOC(=O)C1=C(C)NC(=O)CC1C(=O)Nc1cc(Cl)cc(Cl)c1. The number of ether oxygens (including phenoxy) is 1. The Morgan fingerprint density at radius 1 is 1.29 bits per heavy atom. The van der Waals surface area contributed by atoms with Crippen LogP contribution in [0.3, 0.4) is 0 Å². The standard InChI is InChI=1S/C16H16Cl2N2O4/c1-3-24-16(23)14-8(2)19-13(21)7-12(14)15(22)20-11-5-9(17)4-10(18)6-11/h4-6,12H,3,7H2,1-2H3,(H,19,21)(H,20,22). The van der Waals surface area contributed by atoms with Gasteiger partial charge in [-0.25, -0.2) is 4.79 Å².